The van der Waals surface area contributed by atoms with Crippen LogP contribution in [0.15, 0.2) is 28.7 Å². The quantitative estimate of drug-likeness (QED) is 0.850. The minimum absolute atomic E-state index is 0.000556. The van der Waals surface area contributed by atoms with Crippen molar-refractivity contribution in [1.29, 1.82) is 0 Å². The van der Waals surface area contributed by atoms with E-state index in [1.807, 2.05) is 0 Å². The Morgan fingerprint density at radius 3 is 2.52 bits per heavy atom. The third-order valence-corrected chi connectivity index (χ3v) is 2.82. The van der Waals surface area contributed by atoms with Crippen molar-refractivity contribution >= 4 is 29.4 Å². The Morgan fingerprint density at radius 2 is 1.95 bits per heavy atom. The number of benzene rings is 1. The van der Waals surface area contributed by atoms with E-state index >= 15 is 0 Å². The SMILES string of the molecule is CC(=O)Nc1oc(-c2ccccc2Cl)c(O)c1OC(C)=O. The lowest BCUT2D eigenvalue weighted by atomic mass is 10.1. The number of furan rings is 1. The van der Waals surface area contributed by atoms with E-state index in [1.165, 1.54) is 13.8 Å². The van der Waals surface area contributed by atoms with Crippen molar-refractivity contribution in [1.82, 2.24) is 0 Å². The van der Waals surface area contributed by atoms with Gasteiger partial charge in [0.05, 0.1) is 5.02 Å². The van der Waals surface area contributed by atoms with Crippen molar-refractivity contribution in [2.24, 2.45) is 0 Å². The molecule has 2 N–H and O–H groups in total. The number of carbonyl (C=O) groups is 2. The van der Waals surface area contributed by atoms with E-state index in [9.17, 15) is 14.7 Å². The lowest BCUT2D eigenvalue weighted by molar-refractivity contribution is -0.132. The summed E-state index contributed by atoms with van der Waals surface area (Å²) < 4.78 is 10.3. The summed E-state index contributed by atoms with van der Waals surface area (Å²) in [7, 11) is 0. The highest BCUT2D eigenvalue weighted by Gasteiger charge is 2.25. The summed E-state index contributed by atoms with van der Waals surface area (Å²) in [6, 6.07) is 6.65. The highest BCUT2D eigenvalue weighted by molar-refractivity contribution is 6.33. The van der Waals surface area contributed by atoms with E-state index in [-0.39, 0.29) is 17.4 Å². The van der Waals surface area contributed by atoms with Gasteiger partial charge in [-0.25, -0.2) is 0 Å². The van der Waals surface area contributed by atoms with E-state index < -0.39 is 17.6 Å². The lowest BCUT2D eigenvalue weighted by Crippen LogP contribution is -2.08. The molecule has 6 nitrogen and oxygen atoms in total. The van der Waals surface area contributed by atoms with E-state index in [0.717, 1.165) is 0 Å². The number of carbonyl (C=O) groups excluding carboxylic acids is 2. The van der Waals surface area contributed by atoms with Crippen LogP contribution in [0.5, 0.6) is 11.5 Å². The Balaban J connectivity index is 2.58. The molecule has 1 heterocycles. The first-order valence-corrected chi connectivity index (χ1v) is 6.34. The fourth-order valence-corrected chi connectivity index (χ4v) is 1.94. The minimum atomic E-state index is -0.664. The van der Waals surface area contributed by atoms with E-state index in [0.29, 0.717) is 10.6 Å². The molecule has 110 valence electrons. The monoisotopic (exact) mass is 309 g/mol. The predicted molar refractivity (Wildman–Crippen MR) is 76.4 cm³/mol. The van der Waals surface area contributed by atoms with Gasteiger partial charge in [-0.15, -0.1) is 0 Å². The summed E-state index contributed by atoms with van der Waals surface area (Å²) in [6.45, 7) is 2.42. The normalized spacial score (nSPS) is 10.2. The van der Waals surface area contributed by atoms with Crippen molar-refractivity contribution < 1.29 is 23.8 Å². The zero-order valence-electron chi connectivity index (χ0n) is 11.3. The first-order valence-electron chi connectivity index (χ1n) is 5.96. The number of amides is 1. The zero-order chi connectivity index (χ0) is 15.6. The lowest BCUT2D eigenvalue weighted by Gasteiger charge is -2.01. The second kappa shape index (κ2) is 5.88. The number of hydrogen-bond acceptors (Lipinski definition) is 5. The van der Waals surface area contributed by atoms with E-state index in [1.54, 1.807) is 24.3 Å². The van der Waals surface area contributed by atoms with Crippen LogP contribution in [0, 0.1) is 0 Å². The van der Waals surface area contributed by atoms with Gasteiger partial charge < -0.3 is 14.3 Å². The Labute approximate surface area is 125 Å². The summed E-state index contributed by atoms with van der Waals surface area (Å²) in [4.78, 5) is 22.3. The Bertz CT molecular complexity index is 707. The maximum absolute atomic E-state index is 11.2. The number of anilines is 1. The molecule has 0 aliphatic carbocycles. The smallest absolute Gasteiger partial charge is 0.308 e. The van der Waals surface area contributed by atoms with Gasteiger partial charge in [0.2, 0.25) is 23.3 Å². The molecule has 0 radical (unpaired) electrons. The standard InChI is InChI=1S/C14H12ClNO5/c1-7(17)16-14-13(20-8(2)18)11(19)12(21-14)9-5-3-4-6-10(9)15/h3-6,19H,1-2H3,(H,16,17). The number of aromatic hydroxyl groups is 1. The van der Waals surface area contributed by atoms with Gasteiger partial charge in [0.15, 0.2) is 5.76 Å². The average molecular weight is 310 g/mol. The van der Waals surface area contributed by atoms with Crippen LogP contribution in [-0.2, 0) is 9.59 Å². The molecule has 2 rings (SSSR count). The number of rotatable bonds is 3. The zero-order valence-corrected chi connectivity index (χ0v) is 12.0. The van der Waals surface area contributed by atoms with Gasteiger partial charge in [0.25, 0.3) is 0 Å². The molecule has 0 atom stereocenters. The molecule has 0 aliphatic heterocycles. The third kappa shape index (κ3) is 3.17. The maximum Gasteiger partial charge on any atom is 0.308 e. The summed E-state index contributed by atoms with van der Waals surface area (Å²) >= 11 is 6.04. The summed E-state index contributed by atoms with van der Waals surface area (Å²) in [5, 5.41) is 12.8. The van der Waals surface area contributed by atoms with Gasteiger partial charge in [-0.05, 0) is 12.1 Å². The Hall–Kier alpha value is -2.47. The highest BCUT2D eigenvalue weighted by atomic mass is 35.5. The van der Waals surface area contributed by atoms with Gasteiger partial charge in [-0.2, -0.15) is 0 Å². The molecule has 1 amide bonds. The second-order valence-corrected chi connectivity index (χ2v) is 4.60. The Kier molecular flexibility index (Phi) is 4.18. The molecule has 0 aliphatic rings. The van der Waals surface area contributed by atoms with Crippen LogP contribution < -0.4 is 10.1 Å². The minimum Gasteiger partial charge on any atom is -0.502 e. The van der Waals surface area contributed by atoms with Crippen molar-refractivity contribution in [3.8, 4) is 22.8 Å². The average Bonchev–Trinajstić information content (AvgIpc) is 2.67. The molecule has 2 aromatic rings. The van der Waals surface area contributed by atoms with E-state index in [2.05, 4.69) is 5.32 Å². The summed E-state index contributed by atoms with van der Waals surface area (Å²) in [6.07, 6.45) is 0. The van der Waals surface area contributed by atoms with Crippen molar-refractivity contribution in [3.05, 3.63) is 29.3 Å². The molecule has 0 saturated carbocycles. The van der Waals surface area contributed by atoms with Crippen LogP contribution in [0.3, 0.4) is 0 Å². The van der Waals surface area contributed by atoms with Crippen LogP contribution >= 0.6 is 11.6 Å². The van der Waals surface area contributed by atoms with Crippen molar-refractivity contribution in [3.63, 3.8) is 0 Å². The van der Waals surface area contributed by atoms with Crippen LogP contribution in [0.2, 0.25) is 5.02 Å². The summed E-state index contributed by atoms with van der Waals surface area (Å²) in [5.41, 5.74) is 0.404. The molecule has 7 heteroatoms. The number of ether oxygens (including phenoxy) is 1. The molecule has 0 bridgehead atoms. The van der Waals surface area contributed by atoms with Gasteiger partial charge in [0, 0.05) is 19.4 Å². The number of nitrogens with one attached hydrogen (secondary N) is 1. The van der Waals surface area contributed by atoms with Gasteiger partial charge in [0.1, 0.15) is 0 Å². The van der Waals surface area contributed by atoms with E-state index in [4.69, 9.17) is 20.8 Å². The summed E-state index contributed by atoms with van der Waals surface area (Å²) in [5.74, 6) is -1.94. The molecule has 0 unspecified atom stereocenters. The number of hydrogen-bond donors (Lipinski definition) is 2. The van der Waals surface area contributed by atoms with Crippen molar-refractivity contribution in [2.75, 3.05) is 5.32 Å². The maximum atomic E-state index is 11.2. The van der Waals surface area contributed by atoms with Gasteiger partial charge >= 0.3 is 5.97 Å². The van der Waals surface area contributed by atoms with Crippen LogP contribution in [0.25, 0.3) is 11.3 Å². The number of halogens is 1. The largest absolute Gasteiger partial charge is 0.502 e. The first kappa shape index (κ1) is 14.9. The van der Waals surface area contributed by atoms with Crippen molar-refractivity contribution in [2.45, 2.75) is 13.8 Å². The van der Waals surface area contributed by atoms with Gasteiger partial charge in [-0.3, -0.25) is 14.9 Å². The first-order chi connectivity index (χ1) is 9.90. The topological polar surface area (TPSA) is 88.8 Å². The van der Waals surface area contributed by atoms with Gasteiger partial charge in [-0.1, -0.05) is 23.7 Å². The molecular formula is C14H12ClNO5. The predicted octanol–water partition coefficient (Wildman–Crippen LogP) is 3.19. The molecular weight excluding hydrogens is 298 g/mol. The van der Waals surface area contributed by atoms with Crippen LogP contribution in [0.4, 0.5) is 5.88 Å². The molecule has 1 aromatic carbocycles. The van der Waals surface area contributed by atoms with Crippen LogP contribution in [-0.4, -0.2) is 17.0 Å². The third-order valence-electron chi connectivity index (χ3n) is 2.49. The fourth-order valence-electron chi connectivity index (χ4n) is 1.72. The number of esters is 1. The van der Waals surface area contributed by atoms with Crippen LogP contribution in [0.1, 0.15) is 13.8 Å². The highest BCUT2D eigenvalue weighted by Crippen LogP contribution is 2.47. The second-order valence-electron chi connectivity index (χ2n) is 4.19. The Morgan fingerprint density at radius 1 is 1.29 bits per heavy atom. The molecule has 1 aromatic heterocycles. The molecule has 0 saturated heterocycles. The fraction of sp³-hybridized carbons (Fsp3) is 0.143. The molecule has 21 heavy (non-hydrogen) atoms. The molecule has 0 fully saturated rings. The molecule has 0 spiro atoms.